The summed E-state index contributed by atoms with van der Waals surface area (Å²) < 4.78 is 38.2. The summed E-state index contributed by atoms with van der Waals surface area (Å²) in [7, 11) is -3.98. The number of β-amino-alcohol motifs (C(OH)–C–C–N with tert-alkyl or cyclic N) is 1. The summed E-state index contributed by atoms with van der Waals surface area (Å²) in [5, 5.41) is 9.50. The number of benzene rings is 1. The Hall–Kier alpha value is -1.51. The minimum absolute atomic E-state index is 0.0320. The Morgan fingerprint density at radius 1 is 1.37 bits per heavy atom. The van der Waals surface area contributed by atoms with Crippen molar-refractivity contribution in [2.75, 3.05) is 6.54 Å². The summed E-state index contributed by atoms with van der Waals surface area (Å²) in [5.74, 6) is -1.38. The molecule has 1 saturated heterocycles. The molecule has 0 saturated carbocycles. The van der Waals surface area contributed by atoms with Crippen LogP contribution in [0.15, 0.2) is 29.2 Å². The molecule has 8 heteroatoms. The zero-order valence-electron chi connectivity index (χ0n) is 9.86. The molecule has 6 nitrogen and oxygen atoms in total. The predicted molar refractivity (Wildman–Crippen MR) is 63.9 cm³/mol. The van der Waals surface area contributed by atoms with Gasteiger partial charge in [0.05, 0.1) is 11.0 Å². The van der Waals surface area contributed by atoms with Gasteiger partial charge < -0.3 is 10.8 Å². The summed E-state index contributed by atoms with van der Waals surface area (Å²) in [5.41, 5.74) is 5.13. The molecule has 104 valence electrons. The number of carbonyl (C=O) groups is 1. The van der Waals surface area contributed by atoms with E-state index < -0.39 is 33.9 Å². The fourth-order valence-electron chi connectivity index (χ4n) is 2.05. The lowest BCUT2D eigenvalue weighted by molar-refractivity contribution is -0.121. The van der Waals surface area contributed by atoms with Crippen molar-refractivity contribution in [2.45, 2.75) is 23.5 Å². The summed E-state index contributed by atoms with van der Waals surface area (Å²) in [6.45, 7) is -0.201. The number of amides is 1. The third-order valence-electron chi connectivity index (χ3n) is 2.98. The minimum Gasteiger partial charge on any atom is -0.392 e. The summed E-state index contributed by atoms with van der Waals surface area (Å²) in [4.78, 5) is 11.1. The maximum atomic E-state index is 12.8. The minimum atomic E-state index is -3.98. The molecule has 2 rings (SSSR count). The first-order valence-corrected chi connectivity index (χ1v) is 7.01. The molecule has 0 bridgehead atoms. The van der Waals surface area contributed by atoms with Gasteiger partial charge in [-0.3, -0.25) is 4.79 Å². The van der Waals surface area contributed by atoms with E-state index in [9.17, 15) is 22.7 Å². The van der Waals surface area contributed by atoms with Crippen LogP contribution in [0.4, 0.5) is 4.39 Å². The van der Waals surface area contributed by atoms with E-state index in [1.807, 2.05) is 0 Å². The highest BCUT2D eigenvalue weighted by molar-refractivity contribution is 7.89. The molecular weight excluding hydrogens is 275 g/mol. The Labute approximate surface area is 109 Å². The van der Waals surface area contributed by atoms with Crippen molar-refractivity contribution in [1.82, 2.24) is 4.31 Å². The second-order valence-electron chi connectivity index (χ2n) is 4.34. The van der Waals surface area contributed by atoms with E-state index >= 15 is 0 Å². The third-order valence-corrected chi connectivity index (χ3v) is 4.87. The van der Waals surface area contributed by atoms with E-state index in [2.05, 4.69) is 0 Å². The second kappa shape index (κ2) is 4.87. The van der Waals surface area contributed by atoms with Crippen LogP contribution in [0.5, 0.6) is 0 Å². The Morgan fingerprint density at radius 3 is 2.47 bits per heavy atom. The molecule has 1 aliphatic heterocycles. The first-order valence-electron chi connectivity index (χ1n) is 5.57. The quantitative estimate of drug-likeness (QED) is 0.778. The molecule has 0 aliphatic carbocycles. The van der Waals surface area contributed by atoms with E-state index in [0.29, 0.717) is 0 Å². The number of nitrogens with two attached hydrogens (primary N) is 1. The molecular formula is C11H13FN2O4S. The number of carbonyl (C=O) groups excluding carboxylic acids is 1. The zero-order valence-corrected chi connectivity index (χ0v) is 10.7. The normalized spacial score (nSPS) is 24.5. The Kier molecular flexibility index (Phi) is 3.57. The van der Waals surface area contributed by atoms with E-state index in [1.165, 1.54) is 0 Å². The van der Waals surface area contributed by atoms with Gasteiger partial charge in [0.15, 0.2) is 0 Å². The standard InChI is InChI=1S/C11H13FN2O4S/c12-7-1-3-9(4-2-7)19(17,18)14-6-8(15)5-10(14)11(13)16/h1-4,8,10,15H,5-6H2,(H2,13,16). The SMILES string of the molecule is NC(=O)C1CC(O)CN1S(=O)(=O)c1ccc(F)cc1. The number of hydrogen-bond donors (Lipinski definition) is 2. The van der Waals surface area contributed by atoms with Crippen LogP contribution < -0.4 is 5.73 Å². The van der Waals surface area contributed by atoms with Gasteiger partial charge in [0.2, 0.25) is 15.9 Å². The maximum Gasteiger partial charge on any atom is 0.243 e. The third kappa shape index (κ3) is 2.60. The smallest absolute Gasteiger partial charge is 0.243 e. The van der Waals surface area contributed by atoms with Crippen LogP contribution in [-0.2, 0) is 14.8 Å². The number of aliphatic hydroxyl groups excluding tert-OH is 1. The van der Waals surface area contributed by atoms with Crippen LogP contribution in [0, 0.1) is 5.82 Å². The molecule has 3 N–H and O–H groups in total. The van der Waals surface area contributed by atoms with Gasteiger partial charge in [0.25, 0.3) is 0 Å². The lowest BCUT2D eigenvalue weighted by atomic mass is 10.2. The first kappa shape index (κ1) is 13.9. The first-order chi connectivity index (χ1) is 8.82. The molecule has 1 fully saturated rings. The van der Waals surface area contributed by atoms with Crippen LogP contribution >= 0.6 is 0 Å². The number of sulfonamides is 1. The van der Waals surface area contributed by atoms with Crippen molar-refractivity contribution in [3.8, 4) is 0 Å². The summed E-state index contributed by atoms with van der Waals surface area (Å²) >= 11 is 0. The van der Waals surface area contributed by atoms with Gasteiger partial charge in [-0.15, -0.1) is 0 Å². The Balaban J connectivity index is 2.38. The molecule has 0 aromatic heterocycles. The number of nitrogens with zero attached hydrogens (tertiary/aromatic N) is 1. The highest BCUT2D eigenvalue weighted by Gasteiger charge is 2.42. The number of rotatable bonds is 3. The Bertz CT molecular complexity index is 587. The number of primary amides is 1. The molecule has 1 heterocycles. The lowest BCUT2D eigenvalue weighted by Gasteiger charge is -2.21. The lowest BCUT2D eigenvalue weighted by Crippen LogP contribution is -2.43. The van der Waals surface area contributed by atoms with Crippen LogP contribution in [0.3, 0.4) is 0 Å². The van der Waals surface area contributed by atoms with Crippen molar-refractivity contribution >= 4 is 15.9 Å². The number of halogens is 1. The van der Waals surface area contributed by atoms with Gasteiger partial charge in [-0.1, -0.05) is 0 Å². The van der Waals surface area contributed by atoms with Gasteiger partial charge in [-0.2, -0.15) is 4.31 Å². The van der Waals surface area contributed by atoms with E-state index in [0.717, 1.165) is 28.6 Å². The van der Waals surface area contributed by atoms with Crippen LogP contribution in [-0.4, -0.2) is 42.4 Å². The molecule has 1 aliphatic rings. The Morgan fingerprint density at radius 2 is 1.95 bits per heavy atom. The molecule has 0 spiro atoms. The van der Waals surface area contributed by atoms with Crippen molar-refractivity contribution in [1.29, 1.82) is 0 Å². The maximum absolute atomic E-state index is 12.8. The molecule has 1 aromatic rings. The molecule has 2 atom stereocenters. The zero-order chi connectivity index (χ0) is 14.2. The van der Waals surface area contributed by atoms with E-state index in [1.54, 1.807) is 0 Å². The van der Waals surface area contributed by atoms with Gasteiger partial charge >= 0.3 is 0 Å². The van der Waals surface area contributed by atoms with Gasteiger partial charge in [-0.25, -0.2) is 12.8 Å². The van der Waals surface area contributed by atoms with Crippen molar-refractivity contribution in [3.05, 3.63) is 30.1 Å². The van der Waals surface area contributed by atoms with Gasteiger partial charge in [0, 0.05) is 13.0 Å². The fraction of sp³-hybridized carbons (Fsp3) is 0.364. The van der Waals surface area contributed by atoms with Crippen molar-refractivity contribution in [3.63, 3.8) is 0 Å². The highest BCUT2D eigenvalue weighted by Crippen LogP contribution is 2.26. The molecule has 1 aromatic carbocycles. The molecule has 1 amide bonds. The average molecular weight is 288 g/mol. The van der Waals surface area contributed by atoms with Crippen molar-refractivity contribution in [2.24, 2.45) is 5.73 Å². The monoisotopic (exact) mass is 288 g/mol. The van der Waals surface area contributed by atoms with Crippen molar-refractivity contribution < 1.29 is 22.7 Å². The van der Waals surface area contributed by atoms with Gasteiger partial charge in [0.1, 0.15) is 11.9 Å². The average Bonchev–Trinajstić information content (AvgIpc) is 2.73. The van der Waals surface area contributed by atoms with Gasteiger partial charge in [-0.05, 0) is 24.3 Å². The number of aliphatic hydroxyl groups is 1. The highest BCUT2D eigenvalue weighted by atomic mass is 32.2. The summed E-state index contributed by atoms with van der Waals surface area (Å²) in [6, 6.07) is 3.16. The topological polar surface area (TPSA) is 101 Å². The van der Waals surface area contributed by atoms with Crippen LogP contribution in [0.2, 0.25) is 0 Å². The number of hydrogen-bond acceptors (Lipinski definition) is 4. The fourth-order valence-corrected chi connectivity index (χ4v) is 3.69. The van der Waals surface area contributed by atoms with Crippen LogP contribution in [0.1, 0.15) is 6.42 Å². The largest absolute Gasteiger partial charge is 0.392 e. The van der Waals surface area contributed by atoms with E-state index in [-0.39, 0.29) is 17.9 Å². The molecule has 19 heavy (non-hydrogen) atoms. The summed E-state index contributed by atoms with van der Waals surface area (Å²) in [6.07, 6.45) is -0.969. The molecule has 2 unspecified atom stereocenters. The van der Waals surface area contributed by atoms with Crippen LogP contribution in [0.25, 0.3) is 0 Å². The molecule has 0 radical (unpaired) electrons. The van der Waals surface area contributed by atoms with E-state index in [4.69, 9.17) is 5.73 Å². The predicted octanol–water partition coefficient (Wildman–Crippen LogP) is -0.565. The second-order valence-corrected chi connectivity index (χ2v) is 6.23.